The summed E-state index contributed by atoms with van der Waals surface area (Å²) in [4.78, 5) is 14.2. The fourth-order valence-corrected chi connectivity index (χ4v) is 3.01. The van der Waals surface area contributed by atoms with Crippen LogP contribution < -0.4 is 10.5 Å². The summed E-state index contributed by atoms with van der Waals surface area (Å²) < 4.78 is 5.87. The lowest BCUT2D eigenvalue weighted by Gasteiger charge is -2.16. The molecule has 3 rings (SSSR count). The summed E-state index contributed by atoms with van der Waals surface area (Å²) in [7, 11) is 0. The highest BCUT2D eigenvalue weighted by Crippen LogP contribution is 2.17. The van der Waals surface area contributed by atoms with Crippen LogP contribution in [0.15, 0.2) is 48.5 Å². The number of carbonyl (C=O) groups excluding carboxylic acids is 1. The van der Waals surface area contributed by atoms with Crippen molar-refractivity contribution in [1.82, 2.24) is 4.90 Å². The maximum atomic E-state index is 12.3. The lowest BCUT2D eigenvalue weighted by molar-refractivity contribution is -0.129. The van der Waals surface area contributed by atoms with Gasteiger partial charge in [0.2, 0.25) is 5.91 Å². The van der Waals surface area contributed by atoms with Crippen molar-refractivity contribution in [2.45, 2.75) is 32.4 Å². The highest BCUT2D eigenvalue weighted by molar-refractivity contribution is 5.79. The van der Waals surface area contributed by atoms with E-state index in [1.807, 2.05) is 35.2 Å². The predicted molar refractivity (Wildman–Crippen MR) is 94.8 cm³/mol. The largest absolute Gasteiger partial charge is 0.489 e. The van der Waals surface area contributed by atoms with E-state index in [9.17, 15) is 4.79 Å². The molecule has 0 bridgehead atoms. The molecule has 0 saturated carbocycles. The lowest BCUT2D eigenvalue weighted by atomic mass is 10.1. The Labute approximate surface area is 143 Å². The van der Waals surface area contributed by atoms with E-state index in [1.54, 1.807) is 0 Å². The number of likely N-dealkylation sites (tertiary alicyclic amines) is 1. The Hall–Kier alpha value is -2.33. The number of nitrogens with zero attached hydrogens (tertiary/aromatic N) is 1. The van der Waals surface area contributed by atoms with E-state index in [-0.39, 0.29) is 11.9 Å². The summed E-state index contributed by atoms with van der Waals surface area (Å²) in [5.41, 5.74) is 9.21. The first kappa shape index (κ1) is 16.5. The van der Waals surface area contributed by atoms with Gasteiger partial charge in [-0.25, -0.2) is 0 Å². The Morgan fingerprint density at radius 2 is 2.00 bits per heavy atom. The SMILES string of the molecule is Cc1cccc(COc2cccc(CC(=O)N3CC[C@H](N)C3)c2)c1. The molecule has 0 radical (unpaired) electrons. The molecule has 2 aromatic carbocycles. The Balaban J connectivity index is 1.58. The van der Waals surface area contributed by atoms with Gasteiger partial charge in [0.1, 0.15) is 12.4 Å². The minimum Gasteiger partial charge on any atom is -0.489 e. The van der Waals surface area contributed by atoms with Crippen LogP contribution in [0.2, 0.25) is 0 Å². The maximum Gasteiger partial charge on any atom is 0.227 e. The molecule has 1 saturated heterocycles. The second-order valence-corrected chi connectivity index (χ2v) is 6.49. The van der Waals surface area contributed by atoms with Crippen molar-refractivity contribution >= 4 is 5.91 Å². The van der Waals surface area contributed by atoms with Gasteiger partial charge in [-0.05, 0) is 36.6 Å². The minimum atomic E-state index is 0.123. The molecule has 1 amide bonds. The first-order valence-electron chi connectivity index (χ1n) is 8.41. The van der Waals surface area contributed by atoms with Crippen LogP contribution in [0.3, 0.4) is 0 Å². The zero-order valence-electron chi connectivity index (χ0n) is 14.1. The van der Waals surface area contributed by atoms with Crippen molar-refractivity contribution in [3.63, 3.8) is 0 Å². The standard InChI is InChI=1S/C20H24N2O2/c1-15-4-2-6-17(10-15)14-24-19-7-3-5-16(11-19)12-20(23)22-9-8-18(21)13-22/h2-7,10-11,18H,8-9,12-14,21H2,1H3/t18-/m0/s1. The number of carbonyl (C=O) groups is 1. The number of ether oxygens (including phenoxy) is 1. The van der Waals surface area contributed by atoms with Gasteiger partial charge in [0.05, 0.1) is 6.42 Å². The zero-order chi connectivity index (χ0) is 16.9. The normalized spacial score (nSPS) is 17.1. The minimum absolute atomic E-state index is 0.123. The molecule has 0 unspecified atom stereocenters. The summed E-state index contributed by atoms with van der Waals surface area (Å²) in [6, 6.07) is 16.2. The molecule has 1 atom stereocenters. The van der Waals surface area contributed by atoms with Crippen molar-refractivity contribution in [3.05, 3.63) is 65.2 Å². The van der Waals surface area contributed by atoms with Crippen LogP contribution in [-0.2, 0) is 17.8 Å². The molecule has 0 aromatic heterocycles. The fraction of sp³-hybridized carbons (Fsp3) is 0.350. The van der Waals surface area contributed by atoms with E-state index >= 15 is 0 Å². The quantitative estimate of drug-likeness (QED) is 0.920. The number of rotatable bonds is 5. The van der Waals surface area contributed by atoms with Gasteiger partial charge in [0, 0.05) is 19.1 Å². The number of nitrogens with two attached hydrogens (primary N) is 1. The van der Waals surface area contributed by atoms with Crippen LogP contribution in [0.5, 0.6) is 5.75 Å². The highest BCUT2D eigenvalue weighted by Gasteiger charge is 2.23. The highest BCUT2D eigenvalue weighted by atomic mass is 16.5. The molecule has 1 heterocycles. The molecule has 2 aromatic rings. The Bertz CT molecular complexity index is 714. The van der Waals surface area contributed by atoms with Crippen molar-refractivity contribution in [2.24, 2.45) is 5.73 Å². The van der Waals surface area contributed by atoms with E-state index in [0.29, 0.717) is 19.6 Å². The summed E-state index contributed by atoms with van der Waals surface area (Å²) in [5, 5.41) is 0. The van der Waals surface area contributed by atoms with E-state index in [4.69, 9.17) is 10.5 Å². The van der Waals surface area contributed by atoms with E-state index in [0.717, 1.165) is 29.8 Å². The lowest BCUT2D eigenvalue weighted by Crippen LogP contribution is -2.32. The third kappa shape index (κ3) is 4.36. The second kappa shape index (κ2) is 7.49. The molecule has 1 aliphatic heterocycles. The van der Waals surface area contributed by atoms with Crippen molar-refractivity contribution in [1.29, 1.82) is 0 Å². The summed E-state index contributed by atoms with van der Waals surface area (Å²) in [5.74, 6) is 0.929. The van der Waals surface area contributed by atoms with Gasteiger partial charge >= 0.3 is 0 Å². The molecule has 1 aliphatic rings. The monoisotopic (exact) mass is 324 g/mol. The topological polar surface area (TPSA) is 55.6 Å². The molecular weight excluding hydrogens is 300 g/mol. The molecule has 24 heavy (non-hydrogen) atoms. The number of amides is 1. The number of benzene rings is 2. The number of hydrogen-bond acceptors (Lipinski definition) is 3. The van der Waals surface area contributed by atoms with Crippen LogP contribution in [0.25, 0.3) is 0 Å². The third-order valence-electron chi connectivity index (χ3n) is 4.32. The smallest absolute Gasteiger partial charge is 0.227 e. The number of hydrogen-bond donors (Lipinski definition) is 1. The summed E-state index contributed by atoms with van der Waals surface area (Å²) in [6.07, 6.45) is 1.29. The molecule has 1 fully saturated rings. The van der Waals surface area contributed by atoms with Gasteiger partial charge in [0.25, 0.3) is 0 Å². The van der Waals surface area contributed by atoms with Gasteiger partial charge < -0.3 is 15.4 Å². The fourth-order valence-electron chi connectivity index (χ4n) is 3.01. The first-order valence-corrected chi connectivity index (χ1v) is 8.41. The summed E-state index contributed by atoms with van der Waals surface area (Å²) in [6.45, 7) is 4.03. The van der Waals surface area contributed by atoms with Gasteiger partial charge in [-0.3, -0.25) is 4.79 Å². The van der Waals surface area contributed by atoms with Gasteiger partial charge in [-0.2, -0.15) is 0 Å². The van der Waals surface area contributed by atoms with Gasteiger partial charge in [-0.15, -0.1) is 0 Å². The zero-order valence-corrected chi connectivity index (χ0v) is 14.1. The van der Waals surface area contributed by atoms with Crippen LogP contribution in [0.4, 0.5) is 0 Å². The van der Waals surface area contributed by atoms with E-state index in [2.05, 4.69) is 25.1 Å². The van der Waals surface area contributed by atoms with Crippen molar-refractivity contribution in [2.75, 3.05) is 13.1 Å². The maximum absolute atomic E-state index is 12.3. The molecular formula is C20H24N2O2. The molecule has 0 aliphatic carbocycles. The van der Waals surface area contributed by atoms with Crippen LogP contribution >= 0.6 is 0 Å². The predicted octanol–water partition coefficient (Wildman–Crippen LogP) is 2.68. The Kier molecular flexibility index (Phi) is 5.16. The van der Waals surface area contributed by atoms with Crippen LogP contribution in [0, 0.1) is 6.92 Å². The Morgan fingerprint density at radius 3 is 2.75 bits per heavy atom. The molecule has 0 spiro atoms. The van der Waals surface area contributed by atoms with Crippen molar-refractivity contribution < 1.29 is 9.53 Å². The number of aryl methyl sites for hydroxylation is 1. The first-order chi connectivity index (χ1) is 11.6. The Morgan fingerprint density at radius 1 is 1.21 bits per heavy atom. The molecule has 126 valence electrons. The second-order valence-electron chi connectivity index (χ2n) is 6.49. The van der Waals surface area contributed by atoms with E-state index in [1.165, 1.54) is 5.56 Å². The summed E-state index contributed by atoms with van der Waals surface area (Å²) >= 11 is 0. The van der Waals surface area contributed by atoms with Gasteiger partial charge in [-0.1, -0.05) is 42.0 Å². The molecule has 2 N–H and O–H groups in total. The van der Waals surface area contributed by atoms with Crippen LogP contribution in [0.1, 0.15) is 23.1 Å². The van der Waals surface area contributed by atoms with Gasteiger partial charge in [0.15, 0.2) is 0 Å². The van der Waals surface area contributed by atoms with Crippen molar-refractivity contribution in [3.8, 4) is 5.75 Å². The molecule has 4 nitrogen and oxygen atoms in total. The molecule has 4 heteroatoms. The van der Waals surface area contributed by atoms with E-state index < -0.39 is 0 Å². The van der Waals surface area contributed by atoms with Crippen LogP contribution in [-0.4, -0.2) is 29.9 Å². The average molecular weight is 324 g/mol. The third-order valence-corrected chi connectivity index (χ3v) is 4.32. The average Bonchev–Trinajstić information content (AvgIpc) is 3.00.